The molecule has 0 bridgehead atoms. The summed E-state index contributed by atoms with van der Waals surface area (Å²) in [7, 11) is 1.96. The third-order valence-corrected chi connectivity index (χ3v) is 0.750. The molecule has 0 aromatic rings. The van der Waals surface area contributed by atoms with Gasteiger partial charge in [-0.15, -0.1) is 0 Å². The second-order valence-corrected chi connectivity index (χ2v) is 3.21. The second-order valence-electron chi connectivity index (χ2n) is 3.21. The minimum atomic E-state index is 0.292. The van der Waals surface area contributed by atoms with Crippen molar-refractivity contribution < 1.29 is 0 Å². The van der Waals surface area contributed by atoms with Crippen LogP contribution in [0.3, 0.4) is 0 Å². The summed E-state index contributed by atoms with van der Waals surface area (Å²) >= 11 is 0. The molecule has 0 amide bonds. The molecule has 0 aromatic heterocycles. The first kappa shape index (κ1) is 17.2. The van der Waals surface area contributed by atoms with Gasteiger partial charge in [0.05, 0.1) is 0 Å². The van der Waals surface area contributed by atoms with Gasteiger partial charge in [0.2, 0.25) is 0 Å². The molecular weight excluding hydrogens is 134 g/mol. The van der Waals surface area contributed by atoms with E-state index in [0.29, 0.717) is 5.54 Å². The molecule has 1 nitrogen and oxygen atoms in total. The Kier molecular flexibility index (Phi) is 19.7. The predicted molar refractivity (Wildman–Crippen MR) is 56.1 cm³/mol. The summed E-state index contributed by atoms with van der Waals surface area (Å²) in [4.78, 5) is 0. The van der Waals surface area contributed by atoms with E-state index in [0.717, 1.165) is 0 Å². The zero-order valence-corrected chi connectivity index (χ0v) is 9.71. The number of hydrogen-bond donors (Lipinski definition) is 1. The summed E-state index contributed by atoms with van der Waals surface area (Å²) in [6.07, 6.45) is 1.25. The Morgan fingerprint density at radius 3 is 1.09 bits per heavy atom. The monoisotopic (exact) mass is 161 g/mol. The van der Waals surface area contributed by atoms with Crippen LogP contribution in [0.15, 0.2) is 0 Å². The van der Waals surface area contributed by atoms with Crippen LogP contribution in [0, 0.1) is 0 Å². The lowest BCUT2D eigenvalue weighted by Gasteiger charge is -2.15. The molecule has 0 saturated carbocycles. The van der Waals surface area contributed by atoms with Crippen molar-refractivity contribution in [2.24, 2.45) is 0 Å². The molecule has 0 aromatic carbocycles. The number of rotatable bonds is 0. The molecule has 0 aliphatic rings. The molecule has 0 aliphatic heterocycles. The maximum absolute atomic E-state index is 3.10. The van der Waals surface area contributed by atoms with Gasteiger partial charge < -0.3 is 5.32 Å². The van der Waals surface area contributed by atoms with Gasteiger partial charge in [0.1, 0.15) is 0 Å². The van der Waals surface area contributed by atoms with Gasteiger partial charge >= 0.3 is 0 Å². The van der Waals surface area contributed by atoms with Crippen molar-refractivity contribution in [3.05, 3.63) is 0 Å². The molecule has 0 saturated heterocycles. The Balaban J connectivity index is -0.000000109. The minimum Gasteiger partial charge on any atom is -0.315 e. The lowest BCUT2D eigenvalue weighted by Crippen LogP contribution is -2.31. The average molecular weight is 161 g/mol. The van der Waals surface area contributed by atoms with Crippen molar-refractivity contribution in [1.29, 1.82) is 0 Å². The van der Waals surface area contributed by atoms with Gasteiger partial charge in [0.25, 0.3) is 0 Å². The fourth-order valence-corrected chi connectivity index (χ4v) is 0. The topological polar surface area (TPSA) is 12.0 Å². The van der Waals surface area contributed by atoms with Crippen LogP contribution in [-0.4, -0.2) is 12.6 Å². The fraction of sp³-hybridized carbons (Fsp3) is 1.00. The van der Waals surface area contributed by atoms with Crippen LogP contribution in [0.5, 0.6) is 0 Å². The van der Waals surface area contributed by atoms with Crippen LogP contribution in [0.1, 0.15) is 54.9 Å². The summed E-state index contributed by atoms with van der Waals surface area (Å²) in [5, 5.41) is 3.10. The van der Waals surface area contributed by atoms with E-state index in [9.17, 15) is 0 Å². The van der Waals surface area contributed by atoms with Gasteiger partial charge in [-0.1, -0.05) is 34.1 Å². The summed E-state index contributed by atoms with van der Waals surface area (Å²) in [6.45, 7) is 14.6. The molecule has 0 fully saturated rings. The fourth-order valence-electron chi connectivity index (χ4n) is 0. The van der Waals surface area contributed by atoms with Crippen LogP contribution in [0.4, 0.5) is 0 Å². The zero-order chi connectivity index (χ0) is 9.91. The highest BCUT2D eigenvalue weighted by Gasteiger charge is 2.01. The molecule has 1 N–H and O–H groups in total. The summed E-state index contributed by atoms with van der Waals surface area (Å²) < 4.78 is 0. The number of hydrogen-bond acceptors (Lipinski definition) is 1. The summed E-state index contributed by atoms with van der Waals surface area (Å²) in [5.41, 5.74) is 0.292. The second kappa shape index (κ2) is 12.6. The Morgan fingerprint density at radius 2 is 1.09 bits per heavy atom. The Bertz CT molecular complexity index is 43.3. The highest BCUT2D eigenvalue weighted by molar-refractivity contribution is 4.65. The third kappa shape index (κ3) is 72.0. The van der Waals surface area contributed by atoms with E-state index >= 15 is 0 Å². The van der Waals surface area contributed by atoms with Crippen molar-refractivity contribution in [2.45, 2.75) is 60.4 Å². The van der Waals surface area contributed by atoms with Crippen molar-refractivity contribution >= 4 is 0 Å². The molecule has 0 unspecified atom stereocenters. The molecule has 0 atom stereocenters. The van der Waals surface area contributed by atoms with Crippen LogP contribution in [0.25, 0.3) is 0 Å². The first-order valence-corrected chi connectivity index (χ1v) is 4.66. The largest absolute Gasteiger partial charge is 0.315 e. The van der Waals surface area contributed by atoms with Gasteiger partial charge in [-0.05, 0) is 27.8 Å². The van der Waals surface area contributed by atoms with E-state index in [1.807, 2.05) is 20.9 Å². The van der Waals surface area contributed by atoms with Crippen molar-refractivity contribution in [2.75, 3.05) is 7.05 Å². The first-order valence-electron chi connectivity index (χ1n) is 4.66. The Morgan fingerprint density at radius 1 is 1.00 bits per heavy atom. The van der Waals surface area contributed by atoms with Crippen LogP contribution in [0.2, 0.25) is 0 Å². The van der Waals surface area contributed by atoms with Crippen LogP contribution < -0.4 is 5.32 Å². The molecular formula is C10H27N. The molecule has 1 heteroatoms. The van der Waals surface area contributed by atoms with E-state index in [-0.39, 0.29) is 0 Å². The molecule has 72 valence electrons. The van der Waals surface area contributed by atoms with Gasteiger partial charge in [-0.3, -0.25) is 0 Å². The van der Waals surface area contributed by atoms with E-state index in [1.165, 1.54) is 6.42 Å². The quantitative estimate of drug-likeness (QED) is 0.574. The lowest BCUT2D eigenvalue weighted by atomic mass is 10.1. The molecule has 0 heterocycles. The number of nitrogens with one attached hydrogen (secondary N) is 1. The maximum Gasteiger partial charge on any atom is 0.00935 e. The molecule has 11 heavy (non-hydrogen) atoms. The summed E-state index contributed by atoms with van der Waals surface area (Å²) in [5.74, 6) is 0. The zero-order valence-electron chi connectivity index (χ0n) is 9.71. The van der Waals surface area contributed by atoms with E-state index in [1.54, 1.807) is 0 Å². The molecule has 0 radical (unpaired) electrons. The SMILES string of the molecule is CC.CCC.CNC(C)(C)C. The van der Waals surface area contributed by atoms with E-state index < -0.39 is 0 Å². The van der Waals surface area contributed by atoms with Crippen molar-refractivity contribution in [1.82, 2.24) is 5.32 Å². The van der Waals surface area contributed by atoms with Crippen LogP contribution in [-0.2, 0) is 0 Å². The van der Waals surface area contributed by atoms with Crippen LogP contribution >= 0.6 is 0 Å². The standard InChI is InChI=1S/C5H13N.C3H8.C2H6/c1-5(2,3)6-4;1-3-2;1-2/h6H,1-4H3;3H2,1-2H3;1-2H3. The average Bonchev–Trinajstić information content (AvgIpc) is 1.93. The smallest absolute Gasteiger partial charge is 0.00935 e. The maximum atomic E-state index is 3.10. The molecule has 0 spiro atoms. The van der Waals surface area contributed by atoms with Gasteiger partial charge in [0, 0.05) is 5.54 Å². The first-order chi connectivity index (χ1) is 4.97. The highest BCUT2D eigenvalue weighted by Crippen LogP contribution is 1.93. The van der Waals surface area contributed by atoms with Crippen molar-refractivity contribution in [3.8, 4) is 0 Å². The van der Waals surface area contributed by atoms with Gasteiger partial charge in [-0.25, -0.2) is 0 Å². The van der Waals surface area contributed by atoms with Crippen molar-refractivity contribution in [3.63, 3.8) is 0 Å². The molecule has 0 rings (SSSR count). The molecule has 0 aliphatic carbocycles. The predicted octanol–water partition coefficient (Wildman–Crippen LogP) is 3.45. The van der Waals surface area contributed by atoms with Gasteiger partial charge in [-0.2, -0.15) is 0 Å². The third-order valence-electron chi connectivity index (χ3n) is 0.750. The Labute approximate surface area is 73.6 Å². The summed E-state index contributed by atoms with van der Waals surface area (Å²) in [6, 6.07) is 0. The highest BCUT2D eigenvalue weighted by atomic mass is 14.9. The normalized spacial score (nSPS) is 8.73. The van der Waals surface area contributed by atoms with E-state index in [2.05, 4.69) is 39.9 Å². The Hall–Kier alpha value is -0.0400. The van der Waals surface area contributed by atoms with Gasteiger partial charge in [0.15, 0.2) is 0 Å². The van der Waals surface area contributed by atoms with E-state index in [4.69, 9.17) is 0 Å². The lowest BCUT2D eigenvalue weighted by molar-refractivity contribution is 0.469. The minimum absolute atomic E-state index is 0.292.